The molecule has 2 aliphatic carbocycles. The minimum atomic E-state index is 0.929. The quantitative estimate of drug-likeness (QED) is 0.509. The summed E-state index contributed by atoms with van der Waals surface area (Å²) in [6.45, 7) is 0. The van der Waals surface area contributed by atoms with Crippen molar-refractivity contribution in [3.63, 3.8) is 0 Å². The second-order valence-corrected chi connectivity index (χ2v) is 11.3. The van der Waals surface area contributed by atoms with Crippen molar-refractivity contribution in [2.24, 2.45) is 0 Å². The first-order chi connectivity index (χ1) is 12.9. The van der Waals surface area contributed by atoms with E-state index in [9.17, 15) is 0 Å². The van der Waals surface area contributed by atoms with Crippen molar-refractivity contribution in [2.75, 3.05) is 0 Å². The van der Waals surface area contributed by atoms with Crippen LogP contribution in [0.2, 0.25) is 0 Å². The van der Waals surface area contributed by atoms with Crippen molar-refractivity contribution >= 4 is 27.8 Å². The lowest BCUT2D eigenvalue weighted by Gasteiger charge is -2.25. The smallest absolute Gasteiger partial charge is 0.0103 e. The molecule has 2 aromatic rings. The lowest BCUT2D eigenvalue weighted by atomic mass is 10.0. The van der Waals surface area contributed by atoms with Crippen LogP contribution in [0.4, 0.5) is 0 Å². The van der Waals surface area contributed by atoms with Crippen LogP contribution >= 0.6 is 17.2 Å². The van der Waals surface area contributed by atoms with Crippen molar-refractivity contribution in [1.82, 2.24) is 0 Å². The minimum Gasteiger partial charge on any atom is -0.0865 e. The fourth-order valence-electron chi connectivity index (χ4n) is 4.62. The fourth-order valence-corrected chi connectivity index (χ4v) is 8.03. The van der Waals surface area contributed by atoms with Gasteiger partial charge in [-0.15, -0.1) is 0 Å². The monoisotopic (exact) mass is 382 g/mol. The zero-order valence-electron chi connectivity index (χ0n) is 15.8. The Labute approximate surface area is 163 Å². The molecule has 0 bridgehead atoms. The third kappa shape index (κ3) is 4.77. The summed E-state index contributed by atoms with van der Waals surface area (Å²) in [6.07, 6.45) is 14.5. The van der Waals surface area contributed by atoms with E-state index in [0.717, 1.165) is 28.5 Å². The predicted molar refractivity (Wildman–Crippen MR) is 122 cm³/mol. The standard InChI is InChI=1S/C24H32P2/c1-3-11-19(12-4-1)25-23-17-9-7-15-21(23)22-16-8-10-18-24(22)26-20-13-5-2-6-14-20/h7-10,15-20,25-26H,1-6,11-14H2. The Balaban J connectivity index is 1.58. The molecule has 0 nitrogen and oxygen atoms in total. The van der Waals surface area contributed by atoms with Gasteiger partial charge in [0.1, 0.15) is 0 Å². The second kappa shape index (κ2) is 9.48. The minimum absolute atomic E-state index is 0.929. The molecule has 0 amide bonds. The van der Waals surface area contributed by atoms with E-state index in [1.807, 2.05) is 0 Å². The Morgan fingerprint density at radius 2 is 0.885 bits per heavy atom. The van der Waals surface area contributed by atoms with Crippen LogP contribution < -0.4 is 10.6 Å². The van der Waals surface area contributed by atoms with E-state index < -0.39 is 0 Å². The van der Waals surface area contributed by atoms with Gasteiger partial charge in [-0.1, -0.05) is 104 Å². The van der Waals surface area contributed by atoms with E-state index in [4.69, 9.17) is 0 Å². The Morgan fingerprint density at radius 3 is 1.31 bits per heavy atom. The van der Waals surface area contributed by atoms with Crippen LogP contribution in [-0.2, 0) is 0 Å². The van der Waals surface area contributed by atoms with Gasteiger partial charge in [0.25, 0.3) is 0 Å². The summed E-state index contributed by atoms with van der Waals surface area (Å²) in [5.41, 5.74) is 4.90. The molecule has 0 radical (unpaired) electrons. The van der Waals surface area contributed by atoms with Crippen molar-refractivity contribution in [2.45, 2.75) is 75.5 Å². The zero-order chi connectivity index (χ0) is 17.6. The largest absolute Gasteiger partial charge is 0.0865 e. The third-order valence-electron chi connectivity index (χ3n) is 6.07. The molecule has 0 saturated heterocycles. The fraction of sp³-hybridized carbons (Fsp3) is 0.500. The van der Waals surface area contributed by atoms with Crippen LogP contribution in [-0.4, -0.2) is 11.3 Å². The molecular weight excluding hydrogens is 350 g/mol. The molecule has 2 aliphatic rings. The van der Waals surface area contributed by atoms with E-state index >= 15 is 0 Å². The molecule has 2 aromatic carbocycles. The summed E-state index contributed by atoms with van der Waals surface area (Å²) in [7, 11) is 1.97. The molecule has 138 valence electrons. The molecule has 0 aromatic heterocycles. The molecule has 2 saturated carbocycles. The van der Waals surface area contributed by atoms with E-state index in [-0.39, 0.29) is 0 Å². The summed E-state index contributed by atoms with van der Waals surface area (Å²) in [5.74, 6) is 0. The highest BCUT2D eigenvalue weighted by molar-refractivity contribution is 7.49. The lowest BCUT2D eigenvalue weighted by molar-refractivity contribution is 0.514. The van der Waals surface area contributed by atoms with Gasteiger partial charge in [0, 0.05) is 0 Å². The lowest BCUT2D eigenvalue weighted by Crippen LogP contribution is -2.15. The first kappa shape index (κ1) is 18.7. The van der Waals surface area contributed by atoms with Gasteiger partial charge in [0.2, 0.25) is 0 Å². The molecule has 0 N–H and O–H groups in total. The average molecular weight is 382 g/mol. The molecule has 2 fully saturated rings. The van der Waals surface area contributed by atoms with Gasteiger partial charge in [-0.25, -0.2) is 0 Å². The summed E-state index contributed by atoms with van der Waals surface area (Å²) >= 11 is 0. The van der Waals surface area contributed by atoms with Crippen LogP contribution in [0, 0.1) is 0 Å². The highest BCUT2D eigenvalue weighted by atomic mass is 31.1. The molecule has 2 unspecified atom stereocenters. The number of rotatable bonds is 5. The average Bonchev–Trinajstić information content (AvgIpc) is 2.71. The van der Waals surface area contributed by atoms with Crippen LogP contribution in [0.25, 0.3) is 11.1 Å². The van der Waals surface area contributed by atoms with E-state index in [2.05, 4.69) is 48.5 Å². The third-order valence-corrected chi connectivity index (χ3v) is 9.54. The van der Waals surface area contributed by atoms with E-state index in [0.29, 0.717) is 0 Å². The zero-order valence-corrected chi connectivity index (χ0v) is 17.8. The van der Waals surface area contributed by atoms with Gasteiger partial charge in [0.05, 0.1) is 0 Å². The molecular formula is C24H32P2. The first-order valence-electron chi connectivity index (χ1n) is 10.6. The van der Waals surface area contributed by atoms with Crippen LogP contribution in [0.15, 0.2) is 48.5 Å². The Hall–Kier alpha value is -0.700. The van der Waals surface area contributed by atoms with Crippen molar-refractivity contribution in [1.29, 1.82) is 0 Å². The van der Waals surface area contributed by atoms with Crippen LogP contribution in [0.3, 0.4) is 0 Å². The topological polar surface area (TPSA) is 0 Å². The van der Waals surface area contributed by atoms with E-state index in [1.165, 1.54) is 75.3 Å². The Morgan fingerprint density at radius 1 is 0.500 bits per heavy atom. The maximum atomic E-state index is 2.41. The summed E-state index contributed by atoms with van der Waals surface area (Å²) in [5, 5.41) is 3.22. The molecule has 2 heteroatoms. The first-order valence-corrected chi connectivity index (χ1v) is 12.8. The molecule has 0 heterocycles. The van der Waals surface area contributed by atoms with Gasteiger partial charge in [-0.2, -0.15) is 0 Å². The maximum absolute atomic E-state index is 2.41. The van der Waals surface area contributed by atoms with Gasteiger partial charge in [-0.3, -0.25) is 0 Å². The molecule has 0 spiro atoms. The molecule has 0 aliphatic heterocycles. The van der Waals surface area contributed by atoms with Crippen LogP contribution in [0.1, 0.15) is 64.2 Å². The molecule has 26 heavy (non-hydrogen) atoms. The number of hydrogen-bond donors (Lipinski definition) is 0. The highest BCUT2D eigenvalue weighted by Crippen LogP contribution is 2.37. The van der Waals surface area contributed by atoms with E-state index in [1.54, 1.807) is 10.6 Å². The van der Waals surface area contributed by atoms with Crippen molar-refractivity contribution < 1.29 is 0 Å². The molecule has 2 atom stereocenters. The summed E-state index contributed by atoms with van der Waals surface area (Å²) < 4.78 is 0. The summed E-state index contributed by atoms with van der Waals surface area (Å²) in [6, 6.07) is 18.6. The maximum Gasteiger partial charge on any atom is -0.0103 e. The second-order valence-electron chi connectivity index (χ2n) is 8.05. The Bertz CT molecular complexity index is 635. The van der Waals surface area contributed by atoms with Gasteiger partial charge in [-0.05, 0) is 58.7 Å². The van der Waals surface area contributed by atoms with Gasteiger partial charge < -0.3 is 0 Å². The van der Waals surface area contributed by atoms with Crippen molar-refractivity contribution in [3.05, 3.63) is 48.5 Å². The van der Waals surface area contributed by atoms with Crippen LogP contribution in [0.5, 0.6) is 0 Å². The highest BCUT2D eigenvalue weighted by Gasteiger charge is 2.19. The van der Waals surface area contributed by atoms with Gasteiger partial charge >= 0.3 is 0 Å². The number of benzene rings is 2. The van der Waals surface area contributed by atoms with Crippen molar-refractivity contribution in [3.8, 4) is 11.1 Å². The molecule has 4 rings (SSSR count). The summed E-state index contributed by atoms with van der Waals surface area (Å²) in [4.78, 5) is 0. The predicted octanol–water partition coefficient (Wildman–Crippen LogP) is 6.63. The Kier molecular flexibility index (Phi) is 6.80. The normalized spacial score (nSPS) is 20.5. The van der Waals surface area contributed by atoms with Gasteiger partial charge in [0.15, 0.2) is 0 Å². The SMILES string of the molecule is c1ccc(-c2ccccc2PC2CCCCC2)c(PC2CCCCC2)c1. The number of hydrogen-bond acceptors (Lipinski definition) is 0.